The van der Waals surface area contributed by atoms with Crippen molar-refractivity contribution in [3.8, 4) is 5.75 Å². The number of benzene rings is 1. The van der Waals surface area contributed by atoms with Crippen LogP contribution < -0.4 is 10.1 Å². The molecule has 1 aliphatic heterocycles. The average molecular weight is 341 g/mol. The van der Waals surface area contributed by atoms with Crippen LogP contribution in [0.15, 0.2) is 18.2 Å². The van der Waals surface area contributed by atoms with E-state index in [1.165, 1.54) is 0 Å². The van der Waals surface area contributed by atoms with Gasteiger partial charge in [0.2, 0.25) is 0 Å². The summed E-state index contributed by atoms with van der Waals surface area (Å²) in [4.78, 5) is 13.8. The number of amides is 1. The number of rotatable bonds is 4. The summed E-state index contributed by atoms with van der Waals surface area (Å²) in [5.74, 6) is 0.674. The van der Waals surface area contributed by atoms with E-state index in [0.717, 1.165) is 18.5 Å². The molecule has 1 atom stereocenters. The molecule has 23 heavy (non-hydrogen) atoms. The minimum atomic E-state index is -0.456. The van der Waals surface area contributed by atoms with Crippen molar-refractivity contribution >= 4 is 17.7 Å². The van der Waals surface area contributed by atoms with Gasteiger partial charge in [0.1, 0.15) is 11.4 Å². The van der Waals surface area contributed by atoms with Crippen LogP contribution >= 0.6 is 11.6 Å². The number of likely N-dealkylation sites (tertiary alicyclic amines) is 1. The Bertz CT molecular complexity index is 557. The van der Waals surface area contributed by atoms with Gasteiger partial charge in [-0.3, -0.25) is 0 Å². The molecule has 6 heteroatoms. The molecule has 0 aliphatic carbocycles. The highest BCUT2D eigenvalue weighted by atomic mass is 35.5. The SMILES string of the molecule is COc1ccc(CNC2CCN(C(=O)OC(C)(C)C)C2)cc1Cl. The van der Waals surface area contributed by atoms with Crippen LogP contribution in [0.4, 0.5) is 4.79 Å². The van der Waals surface area contributed by atoms with E-state index in [0.29, 0.717) is 23.9 Å². The normalized spacial score (nSPS) is 18.1. The number of halogens is 1. The molecule has 0 spiro atoms. The number of nitrogens with zero attached hydrogens (tertiary/aromatic N) is 1. The molecule has 1 amide bonds. The Morgan fingerprint density at radius 2 is 2.17 bits per heavy atom. The summed E-state index contributed by atoms with van der Waals surface area (Å²) in [5.41, 5.74) is 0.633. The summed E-state index contributed by atoms with van der Waals surface area (Å²) in [6.07, 6.45) is 0.678. The summed E-state index contributed by atoms with van der Waals surface area (Å²) < 4.78 is 10.5. The maximum Gasteiger partial charge on any atom is 0.410 e. The first kappa shape index (κ1) is 17.9. The molecule has 128 valence electrons. The van der Waals surface area contributed by atoms with E-state index in [1.54, 1.807) is 12.0 Å². The van der Waals surface area contributed by atoms with Crippen LogP contribution in [0.5, 0.6) is 5.75 Å². The fraction of sp³-hybridized carbons (Fsp3) is 0.588. The van der Waals surface area contributed by atoms with Crippen LogP contribution in [0.1, 0.15) is 32.8 Å². The Morgan fingerprint density at radius 3 is 2.78 bits per heavy atom. The first-order valence-electron chi connectivity index (χ1n) is 7.82. The van der Waals surface area contributed by atoms with Crippen LogP contribution in [0.3, 0.4) is 0 Å². The molecule has 2 rings (SSSR count). The maximum atomic E-state index is 12.0. The van der Waals surface area contributed by atoms with E-state index in [2.05, 4.69) is 5.32 Å². The first-order valence-corrected chi connectivity index (χ1v) is 8.20. The number of methoxy groups -OCH3 is 1. The predicted octanol–water partition coefficient (Wildman–Crippen LogP) is 3.45. The fourth-order valence-electron chi connectivity index (χ4n) is 2.50. The lowest BCUT2D eigenvalue weighted by Crippen LogP contribution is -2.38. The van der Waals surface area contributed by atoms with Crippen molar-refractivity contribution in [3.05, 3.63) is 28.8 Å². The molecule has 0 radical (unpaired) electrons. The van der Waals surface area contributed by atoms with Crippen molar-refractivity contribution in [2.45, 2.75) is 45.4 Å². The Hall–Kier alpha value is -1.46. The molecule has 0 bridgehead atoms. The molecule has 1 aliphatic rings. The van der Waals surface area contributed by atoms with Crippen molar-refractivity contribution in [2.24, 2.45) is 0 Å². The van der Waals surface area contributed by atoms with Crippen molar-refractivity contribution in [1.82, 2.24) is 10.2 Å². The monoisotopic (exact) mass is 340 g/mol. The van der Waals surface area contributed by atoms with Crippen molar-refractivity contribution < 1.29 is 14.3 Å². The van der Waals surface area contributed by atoms with Gasteiger partial charge in [-0.2, -0.15) is 0 Å². The molecule has 1 N–H and O–H groups in total. The molecular weight excluding hydrogens is 316 g/mol. The van der Waals surface area contributed by atoms with Gasteiger partial charge < -0.3 is 19.7 Å². The van der Waals surface area contributed by atoms with Gasteiger partial charge in [0.15, 0.2) is 0 Å². The third-order valence-electron chi connectivity index (χ3n) is 3.65. The fourth-order valence-corrected chi connectivity index (χ4v) is 2.78. The minimum Gasteiger partial charge on any atom is -0.495 e. The van der Waals surface area contributed by atoms with Gasteiger partial charge in [0.05, 0.1) is 12.1 Å². The number of ether oxygens (including phenoxy) is 2. The van der Waals surface area contributed by atoms with Gasteiger partial charge in [0.25, 0.3) is 0 Å². The van der Waals surface area contributed by atoms with E-state index >= 15 is 0 Å². The molecule has 1 fully saturated rings. The van der Waals surface area contributed by atoms with Crippen LogP contribution in [-0.2, 0) is 11.3 Å². The number of hydrogen-bond acceptors (Lipinski definition) is 4. The summed E-state index contributed by atoms with van der Waals surface area (Å²) in [7, 11) is 1.60. The zero-order valence-electron chi connectivity index (χ0n) is 14.2. The standard InChI is InChI=1S/C17H25ClN2O3/c1-17(2,3)23-16(21)20-8-7-13(11-20)19-10-12-5-6-15(22-4)14(18)9-12/h5-6,9,13,19H,7-8,10-11H2,1-4H3. The van der Waals surface area contributed by atoms with Crippen molar-refractivity contribution in [1.29, 1.82) is 0 Å². The van der Waals surface area contributed by atoms with Gasteiger partial charge in [0, 0.05) is 25.7 Å². The van der Waals surface area contributed by atoms with Gasteiger partial charge in [-0.25, -0.2) is 4.79 Å². The number of carbonyl (C=O) groups is 1. The topological polar surface area (TPSA) is 50.8 Å². The largest absolute Gasteiger partial charge is 0.495 e. The first-order chi connectivity index (χ1) is 10.8. The van der Waals surface area contributed by atoms with Crippen molar-refractivity contribution in [2.75, 3.05) is 20.2 Å². The molecule has 0 saturated carbocycles. The molecule has 1 aromatic carbocycles. The van der Waals surface area contributed by atoms with Crippen LogP contribution in [0.2, 0.25) is 5.02 Å². The molecule has 1 heterocycles. The predicted molar refractivity (Wildman–Crippen MR) is 91.1 cm³/mol. The van der Waals surface area contributed by atoms with Gasteiger partial charge >= 0.3 is 6.09 Å². The average Bonchev–Trinajstić information content (AvgIpc) is 2.92. The Morgan fingerprint density at radius 1 is 1.43 bits per heavy atom. The quantitative estimate of drug-likeness (QED) is 0.912. The second-order valence-electron chi connectivity index (χ2n) is 6.76. The van der Waals surface area contributed by atoms with Crippen molar-refractivity contribution in [3.63, 3.8) is 0 Å². The summed E-state index contributed by atoms with van der Waals surface area (Å²) in [6.45, 7) is 7.73. The zero-order chi connectivity index (χ0) is 17.0. The zero-order valence-corrected chi connectivity index (χ0v) is 14.9. The van der Waals surface area contributed by atoms with E-state index in [9.17, 15) is 4.79 Å². The van der Waals surface area contributed by atoms with E-state index in [-0.39, 0.29) is 12.1 Å². The van der Waals surface area contributed by atoms with Crippen LogP contribution in [-0.4, -0.2) is 42.8 Å². The van der Waals surface area contributed by atoms with E-state index in [4.69, 9.17) is 21.1 Å². The number of carbonyl (C=O) groups excluding carboxylic acids is 1. The lowest BCUT2D eigenvalue weighted by molar-refractivity contribution is 0.0291. The number of nitrogens with one attached hydrogen (secondary N) is 1. The van der Waals surface area contributed by atoms with Crippen LogP contribution in [0, 0.1) is 0 Å². The summed E-state index contributed by atoms with van der Waals surface area (Å²) in [5, 5.41) is 4.07. The highest BCUT2D eigenvalue weighted by Gasteiger charge is 2.29. The summed E-state index contributed by atoms with van der Waals surface area (Å²) >= 11 is 6.13. The molecule has 0 aromatic heterocycles. The Kier molecular flexibility index (Phi) is 5.76. The van der Waals surface area contributed by atoms with Gasteiger partial charge in [-0.15, -0.1) is 0 Å². The molecule has 1 unspecified atom stereocenters. The lowest BCUT2D eigenvalue weighted by Gasteiger charge is -2.24. The van der Waals surface area contributed by atoms with E-state index < -0.39 is 5.60 Å². The highest BCUT2D eigenvalue weighted by Crippen LogP contribution is 2.25. The maximum absolute atomic E-state index is 12.0. The Labute approximate surface area is 142 Å². The third-order valence-corrected chi connectivity index (χ3v) is 3.95. The third kappa shape index (κ3) is 5.29. The van der Waals surface area contributed by atoms with Gasteiger partial charge in [-0.05, 0) is 44.9 Å². The molecule has 1 aromatic rings. The molecular formula is C17H25ClN2O3. The Balaban J connectivity index is 1.82. The van der Waals surface area contributed by atoms with Gasteiger partial charge in [-0.1, -0.05) is 17.7 Å². The minimum absolute atomic E-state index is 0.241. The van der Waals surface area contributed by atoms with E-state index in [1.807, 2.05) is 39.0 Å². The van der Waals surface area contributed by atoms with Crippen LogP contribution in [0.25, 0.3) is 0 Å². The molecule has 5 nitrogen and oxygen atoms in total. The smallest absolute Gasteiger partial charge is 0.410 e. The lowest BCUT2D eigenvalue weighted by atomic mass is 10.2. The molecule has 1 saturated heterocycles. The second-order valence-corrected chi connectivity index (χ2v) is 7.17. The number of hydrogen-bond donors (Lipinski definition) is 1. The second kappa shape index (κ2) is 7.41. The summed E-state index contributed by atoms with van der Waals surface area (Å²) in [6, 6.07) is 6.01. The highest BCUT2D eigenvalue weighted by molar-refractivity contribution is 6.32.